The lowest BCUT2D eigenvalue weighted by Gasteiger charge is -2.11. The van der Waals surface area contributed by atoms with Gasteiger partial charge in [-0.15, -0.1) is 16.4 Å². The summed E-state index contributed by atoms with van der Waals surface area (Å²) in [6.07, 6.45) is 0. The van der Waals surface area contributed by atoms with E-state index in [-0.39, 0.29) is 6.04 Å². The van der Waals surface area contributed by atoms with Crippen molar-refractivity contribution >= 4 is 22.9 Å². The number of nitrogens with one attached hydrogen (secondary N) is 1. The van der Waals surface area contributed by atoms with Gasteiger partial charge in [0.2, 0.25) is 0 Å². The maximum atomic E-state index is 5.52. The van der Waals surface area contributed by atoms with Crippen molar-refractivity contribution in [2.24, 2.45) is 5.84 Å². The highest BCUT2D eigenvalue weighted by molar-refractivity contribution is 7.10. The fourth-order valence-corrected chi connectivity index (χ4v) is 2.75. The Bertz CT molecular complexity index is 395. The Morgan fingerprint density at radius 1 is 1.57 bits per heavy atom. The summed E-state index contributed by atoms with van der Waals surface area (Å²) in [6.45, 7) is 2.07. The number of hydrogen-bond acceptors (Lipinski definition) is 6. The van der Waals surface area contributed by atoms with Gasteiger partial charge in [0.1, 0.15) is 6.04 Å². The summed E-state index contributed by atoms with van der Waals surface area (Å²) in [5.41, 5.74) is 4.87. The zero-order valence-electron chi connectivity index (χ0n) is 7.60. The maximum absolute atomic E-state index is 5.52. The van der Waals surface area contributed by atoms with E-state index in [0.717, 1.165) is 5.69 Å². The van der Waals surface area contributed by atoms with E-state index in [1.54, 1.807) is 11.3 Å². The molecule has 0 aliphatic rings. The monoisotopic (exact) mass is 226 g/mol. The Morgan fingerprint density at radius 3 is 2.93 bits per heavy atom. The molecule has 1 unspecified atom stereocenters. The van der Waals surface area contributed by atoms with E-state index >= 15 is 0 Å². The molecule has 74 valence electrons. The van der Waals surface area contributed by atoms with Gasteiger partial charge < -0.3 is 0 Å². The Hall–Kier alpha value is -0.820. The fraction of sp³-hybridized carbons (Fsp3) is 0.250. The Morgan fingerprint density at radius 2 is 2.43 bits per heavy atom. The van der Waals surface area contributed by atoms with Crippen LogP contribution < -0.4 is 11.3 Å². The zero-order chi connectivity index (χ0) is 9.97. The minimum absolute atomic E-state index is 0.0336. The van der Waals surface area contributed by atoms with Crippen LogP contribution in [0.25, 0.3) is 0 Å². The Labute approximate surface area is 89.9 Å². The van der Waals surface area contributed by atoms with Gasteiger partial charge in [-0.1, -0.05) is 4.49 Å². The predicted octanol–water partition coefficient (Wildman–Crippen LogP) is 1.46. The highest BCUT2D eigenvalue weighted by Gasteiger charge is 2.17. The highest BCUT2D eigenvalue weighted by atomic mass is 32.1. The van der Waals surface area contributed by atoms with E-state index in [1.165, 1.54) is 22.0 Å². The molecule has 6 heteroatoms. The van der Waals surface area contributed by atoms with Crippen LogP contribution in [0.1, 0.15) is 22.2 Å². The topological polar surface area (TPSA) is 63.8 Å². The molecule has 0 aliphatic heterocycles. The lowest BCUT2D eigenvalue weighted by Crippen LogP contribution is -2.28. The first-order valence-electron chi connectivity index (χ1n) is 4.10. The van der Waals surface area contributed by atoms with E-state index in [1.807, 2.05) is 5.38 Å². The van der Waals surface area contributed by atoms with Crippen molar-refractivity contribution in [3.05, 3.63) is 33.0 Å². The van der Waals surface area contributed by atoms with Crippen LogP contribution in [0.5, 0.6) is 0 Å². The molecular formula is C8H10N4S2. The smallest absolute Gasteiger partial charge is 0.100 e. The van der Waals surface area contributed by atoms with E-state index in [4.69, 9.17) is 5.84 Å². The molecule has 2 aromatic rings. The number of aromatic nitrogens is 2. The number of hydrogen-bond donors (Lipinski definition) is 2. The average molecular weight is 226 g/mol. The van der Waals surface area contributed by atoms with Gasteiger partial charge in [-0.25, -0.2) is 5.43 Å². The number of rotatable bonds is 3. The first kappa shape index (κ1) is 9.72. The van der Waals surface area contributed by atoms with Gasteiger partial charge in [0.15, 0.2) is 0 Å². The van der Waals surface area contributed by atoms with Gasteiger partial charge in [-0.05, 0) is 35.5 Å². The molecule has 0 saturated carbocycles. The van der Waals surface area contributed by atoms with Crippen molar-refractivity contribution < 1.29 is 0 Å². The standard InChI is InChI=1S/C8H10N4S2/c1-5-2-3-13-8(5)7(10-9)6-4-14-12-11-6/h2-4,7,10H,9H2,1H3. The molecule has 0 aromatic carbocycles. The quantitative estimate of drug-likeness (QED) is 0.614. The molecule has 0 amide bonds. The minimum Gasteiger partial charge on any atom is -0.270 e. The molecule has 2 heterocycles. The first-order chi connectivity index (χ1) is 6.83. The van der Waals surface area contributed by atoms with E-state index < -0.39 is 0 Å². The number of hydrazine groups is 1. The number of nitrogens with two attached hydrogens (primary N) is 1. The third kappa shape index (κ3) is 1.69. The predicted molar refractivity (Wildman–Crippen MR) is 58.1 cm³/mol. The summed E-state index contributed by atoms with van der Waals surface area (Å²) in [5.74, 6) is 5.52. The van der Waals surface area contributed by atoms with Gasteiger partial charge in [0.25, 0.3) is 0 Å². The van der Waals surface area contributed by atoms with Crippen LogP contribution >= 0.6 is 22.9 Å². The summed E-state index contributed by atoms with van der Waals surface area (Å²) in [6, 6.07) is 2.04. The molecule has 0 bridgehead atoms. The molecule has 0 spiro atoms. The lowest BCUT2D eigenvalue weighted by molar-refractivity contribution is 0.625. The molecular weight excluding hydrogens is 216 g/mol. The van der Waals surface area contributed by atoms with Gasteiger partial charge in [-0.2, -0.15) is 0 Å². The van der Waals surface area contributed by atoms with E-state index in [0.29, 0.717) is 0 Å². The van der Waals surface area contributed by atoms with Crippen molar-refractivity contribution in [1.82, 2.24) is 15.0 Å². The van der Waals surface area contributed by atoms with Gasteiger partial charge in [-0.3, -0.25) is 5.84 Å². The van der Waals surface area contributed by atoms with Crippen LogP contribution in [0.3, 0.4) is 0 Å². The molecule has 2 aromatic heterocycles. The molecule has 3 N–H and O–H groups in total. The first-order valence-corrected chi connectivity index (χ1v) is 5.81. The molecule has 0 saturated heterocycles. The molecule has 1 atom stereocenters. The average Bonchev–Trinajstić information content (AvgIpc) is 2.80. The van der Waals surface area contributed by atoms with Crippen LogP contribution in [0.4, 0.5) is 0 Å². The summed E-state index contributed by atoms with van der Waals surface area (Å²) in [7, 11) is 0. The van der Waals surface area contributed by atoms with Crippen molar-refractivity contribution in [3.63, 3.8) is 0 Å². The molecule has 0 aliphatic carbocycles. The van der Waals surface area contributed by atoms with E-state index in [9.17, 15) is 0 Å². The van der Waals surface area contributed by atoms with E-state index in [2.05, 4.69) is 33.4 Å². The molecule has 0 fully saturated rings. The van der Waals surface area contributed by atoms with Crippen molar-refractivity contribution in [1.29, 1.82) is 0 Å². The molecule has 0 radical (unpaired) electrons. The second-order valence-electron chi connectivity index (χ2n) is 2.90. The summed E-state index contributed by atoms with van der Waals surface area (Å²) < 4.78 is 3.83. The van der Waals surface area contributed by atoms with Crippen LogP contribution in [0, 0.1) is 6.92 Å². The summed E-state index contributed by atoms with van der Waals surface area (Å²) >= 11 is 3.01. The molecule has 2 rings (SSSR count). The highest BCUT2D eigenvalue weighted by Crippen LogP contribution is 2.27. The maximum Gasteiger partial charge on any atom is 0.100 e. The Kier molecular flexibility index (Phi) is 2.87. The van der Waals surface area contributed by atoms with Crippen LogP contribution in [-0.2, 0) is 0 Å². The summed E-state index contributed by atoms with van der Waals surface area (Å²) in [5, 5.41) is 7.97. The SMILES string of the molecule is Cc1ccsc1C(NN)c1csnn1. The third-order valence-electron chi connectivity index (χ3n) is 2.00. The van der Waals surface area contributed by atoms with Gasteiger partial charge in [0, 0.05) is 10.3 Å². The Balaban J connectivity index is 2.36. The number of aryl methyl sites for hydroxylation is 1. The van der Waals surface area contributed by atoms with Crippen LogP contribution in [-0.4, -0.2) is 9.59 Å². The normalized spacial score (nSPS) is 13.0. The third-order valence-corrected chi connectivity index (χ3v) is 3.61. The second-order valence-corrected chi connectivity index (χ2v) is 4.45. The number of nitrogens with zero attached hydrogens (tertiary/aromatic N) is 2. The van der Waals surface area contributed by atoms with Crippen LogP contribution in [0.2, 0.25) is 0 Å². The van der Waals surface area contributed by atoms with Crippen molar-refractivity contribution in [2.75, 3.05) is 0 Å². The van der Waals surface area contributed by atoms with Crippen molar-refractivity contribution in [2.45, 2.75) is 13.0 Å². The molecule has 14 heavy (non-hydrogen) atoms. The fourth-order valence-electron chi connectivity index (χ4n) is 1.27. The van der Waals surface area contributed by atoms with Crippen LogP contribution in [0.15, 0.2) is 16.8 Å². The van der Waals surface area contributed by atoms with Crippen molar-refractivity contribution in [3.8, 4) is 0 Å². The zero-order valence-corrected chi connectivity index (χ0v) is 9.23. The van der Waals surface area contributed by atoms with Gasteiger partial charge in [0.05, 0.1) is 5.69 Å². The number of thiophene rings is 1. The van der Waals surface area contributed by atoms with Gasteiger partial charge >= 0.3 is 0 Å². The largest absolute Gasteiger partial charge is 0.270 e. The lowest BCUT2D eigenvalue weighted by atomic mass is 10.1. The molecule has 4 nitrogen and oxygen atoms in total. The summed E-state index contributed by atoms with van der Waals surface area (Å²) in [4.78, 5) is 1.19. The minimum atomic E-state index is -0.0336. The second kappa shape index (κ2) is 4.14.